The Balaban J connectivity index is 0.000000239. The van der Waals surface area contributed by atoms with Gasteiger partial charge in [-0.2, -0.15) is 0 Å². The van der Waals surface area contributed by atoms with Crippen LogP contribution in [-0.4, -0.2) is 21.0 Å². The molecule has 1 aromatic carbocycles. The summed E-state index contributed by atoms with van der Waals surface area (Å²) < 4.78 is 0. The summed E-state index contributed by atoms with van der Waals surface area (Å²) in [7, 11) is 0. The molecule has 4 nitrogen and oxygen atoms in total. The van der Waals surface area contributed by atoms with Gasteiger partial charge in [0.25, 0.3) is 0 Å². The maximum Gasteiger partial charge on any atom is 0.114 e. The number of aromatic amines is 1. The minimum absolute atomic E-state index is 0.333. The average molecular weight is 228 g/mol. The van der Waals surface area contributed by atoms with Crippen LogP contribution in [0.2, 0.25) is 0 Å². The van der Waals surface area contributed by atoms with E-state index in [-0.39, 0.29) is 0 Å². The molecule has 0 bridgehead atoms. The van der Waals surface area contributed by atoms with Crippen molar-refractivity contribution in [2.24, 2.45) is 5.73 Å². The lowest BCUT2D eigenvalue weighted by Crippen LogP contribution is -2.06. The highest BCUT2D eigenvalue weighted by Crippen LogP contribution is 2.19. The summed E-state index contributed by atoms with van der Waals surface area (Å²) in [5.41, 5.74) is 8.05. The molecule has 0 aliphatic heterocycles. The molecule has 0 saturated heterocycles. The van der Waals surface area contributed by atoms with Gasteiger partial charge in [-0.1, -0.05) is 26.0 Å². The Labute approximate surface area is 99.9 Å². The summed E-state index contributed by atoms with van der Waals surface area (Å²) in [5, 5.41) is 1.13. The number of pyridine rings is 1. The molecule has 0 aliphatic carbocycles. The number of nitrogens with zero attached hydrogens (tertiary/aromatic N) is 2. The number of hydrogen-bond acceptors (Lipinski definition) is 3. The van der Waals surface area contributed by atoms with Crippen LogP contribution in [-0.2, 0) is 0 Å². The normalized spacial score (nSPS) is 10.6. The molecule has 0 spiro atoms. The van der Waals surface area contributed by atoms with Gasteiger partial charge in [0.05, 0.1) is 17.4 Å². The summed E-state index contributed by atoms with van der Waals surface area (Å²) in [6.07, 6.45) is 3.48. The number of hydrogen-bond donors (Lipinski definition) is 2. The van der Waals surface area contributed by atoms with Gasteiger partial charge < -0.3 is 10.7 Å². The van der Waals surface area contributed by atoms with Gasteiger partial charge in [-0.15, -0.1) is 0 Å². The van der Waals surface area contributed by atoms with Crippen molar-refractivity contribution in [2.75, 3.05) is 0 Å². The standard InChI is InChI=1S/C10H7N3.C3H9N/c1-2-7-3-4-8-10(13-6-12-8)9(7)11-5-1;1-3(2)4/h1-6H,(H,12,13);3H,4H2,1-2H3. The van der Waals surface area contributed by atoms with E-state index in [0.717, 1.165) is 21.9 Å². The number of rotatable bonds is 0. The molecular formula is C13H16N4. The van der Waals surface area contributed by atoms with Crippen molar-refractivity contribution in [3.8, 4) is 0 Å². The lowest BCUT2D eigenvalue weighted by molar-refractivity contribution is 0.834. The number of aromatic nitrogens is 3. The molecule has 0 unspecified atom stereocenters. The van der Waals surface area contributed by atoms with Gasteiger partial charge in [-0.3, -0.25) is 4.98 Å². The molecule has 0 aliphatic rings. The second-order valence-corrected chi connectivity index (χ2v) is 4.18. The van der Waals surface area contributed by atoms with Crippen LogP contribution in [0.25, 0.3) is 21.9 Å². The molecule has 3 N–H and O–H groups in total. The molecule has 4 heteroatoms. The number of nitrogens with two attached hydrogens (primary N) is 1. The molecular weight excluding hydrogens is 212 g/mol. The van der Waals surface area contributed by atoms with Gasteiger partial charge in [0.2, 0.25) is 0 Å². The first-order valence-corrected chi connectivity index (χ1v) is 5.61. The third-order valence-corrected chi connectivity index (χ3v) is 2.16. The predicted octanol–water partition coefficient (Wildman–Crippen LogP) is 2.46. The van der Waals surface area contributed by atoms with Crippen LogP contribution >= 0.6 is 0 Å². The van der Waals surface area contributed by atoms with Crippen molar-refractivity contribution in [3.05, 3.63) is 36.8 Å². The van der Waals surface area contributed by atoms with Gasteiger partial charge >= 0.3 is 0 Å². The van der Waals surface area contributed by atoms with Crippen LogP contribution < -0.4 is 5.73 Å². The fourth-order valence-corrected chi connectivity index (χ4v) is 1.54. The van der Waals surface area contributed by atoms with Crippen LogP contribution in [0, 0.1) is 0 Å². The van der Waals surface area contributed by atoms with Crippen LogP contribution in [0.15, 0.2) is 36.8 Å². The lowest BCUT2D eigenvalue weighted by atomic mass is 10.2. The maximum absolute atomic E-state index is 5.11. The molecule has 0 amide bonds. The zero-order valence-corrected chi connectivity index (χ0v) is 10.0. The fraction of sp³-hybridized carbons (Fsp3) is 0.231. The van der Waals surface area contributed by atoms with Gasteiger partial charge in [0, 0.05) is 11.6 Å². The van der Waals surface area contributed by atoms with Gasteiger partial charge in [-0.25, -0.2) is 4.98 Å². The van der Waals surface area contributed by atoms with Crippen molar-refractivity contribution >= 4 is 21.9 Å². The van der Waals surface area contributed by atoms with Crippen LogP contribution in [0.5, 0.6) is 0 Å². The van der Waals surface area contributed by atoms with Gasteiger partial charge in [0.15, 0.2) is 0 Å². The first kappa shape index (κ1) is 11.5. The molecule has 3 aromatic rings. The zero-order chi connectivity index (χ0) is 12.3. The average Bonchev–Trinajstić information content (AvgIpc) is 2.76. The summed E-state index contributed by atoms with van der Waals surface area (Å²) in [6.45, 7) is 3.89. The Hall–Kier alpha value is -1.94. The number of imidazole rings is 1. The minimum Gasteiger partial charge on any atom is -0.345 e. The van der Waals surface area contributed by atoms with E-state index in [0.29, 0.717) is 6.04 Å². The quantitative estimate of drug-likeness (QED) is 0.621. The van der Waals surface area contributed by atoms with Crippen molar-refractivity contribution in [1.29, 1.82) is 0 Å². The van der Waals surface area contributed by atoms with Crippen molar-refractivity contribution in [3.63, 3.8) is 0 Å². The Morgan fingerprint density at radius 1 is 1.12 bits per heavy atom. The maximum atomic E-state index is 5.11. The number of nitrogens with one attached hydrogen (secondary N) is 1. The minimum atomic E-state index is 0.333. The van der Waals surface area contributed by atoms with E-state index in [4.69, 9.17) is 5.73 Å². The number of benzene rings is 1. The summed E-state index contributed by atoms with van der Waals surface area (Å²) >= 11 is 0. The van der Waals surface area contributed by atoms with E-state index in [2.05, 4.69) is 15.0 Å². The van der Waals surface area contributed by atoms with E-state index in [1.54, 1.807) is 12.5 Å². The van der Waals surface area contributed by atoms with Crippen LogP contribution in [0.1, 0.15) is 13.8 Å². The molecule has 88 valence electrons. The third-order valence-electron chi connectivity index (χ3n) is 2.16. The topological polar surface area (TPSA) is 67.6 Å². The molecule has 0 radical (unpaired) electrons. The second-order valence-electron chi connectivity index (χ2n) is 4.18. The van der Waals surface area contributed by atoms with Crippen molar-refractivity contribution < 1.29 is 0 Å². The van der Waals surface area contributed by atoms with E-state index in [1.807, 2.05) is 38.1 Å². The molecule has 17 heavy (non-hydrogen) atoms. The monoisotopic (exact) mass is 228 g/mol. The van der Waals surface area contributed by atoms with Crippen LogP contribution in [0.4, 0.5) is 0 Å². The predicted molar refractivity (Wildman–Crippen MR) is 70.7 cm³/mol. The van der Waals surface area contributed by atoms with Crippen LogP contribution in [0.3, 0.4) is 0 Å². The lowest BCUT2D eigenvalue weighted by Gasteiger charge is -1.95. The van der Waals surface area contributed by atoms with Crippen molar-refractivity contribution in [1.82, 2.24) is 15.0 Å². The molecule has 0 atom stereocenters. The summed E-state index contributed by atoms with van der Waals surface area (Å²) in [4.78, 5) is 11.6. The Morgan fingerprint density at radius 2 is 1.88 bits per heavy atom. The number of fused-ring (bicyclic) bond motifs is 3. The van der Waals surface area contributed by atoms with Gasteiger partial charge in [0.1, 0.15) is 5.52 Å². The molecule has 3 rings (SSSR count). The first-order valence-electron chi connectivity index (χ1n) is 5.61. The molecule has 2 heterocycles. The van der Waals surface area contributed by atoms with E-state index in [9.17, 15) is 0 Å². The smallest absolute Gasteiger partial charge is 0.114 e. The Kier molecular flexibility index (Phi) is 3.35. The number of H-pyrrole nitrogens is 1. The molecule has 2 aromatic heterocycles. The zero-order valence-electron chi connectivity index (χ0n) is 10.0. The molecule has 0 saturated carbocycles. The Bertz CT molecular complexity index is 610. The second kappa shape index (κ2) is 4.93. The van der Waals surface area contributed by atoms with Crippen molar-refractivity contribution in [2.45, 2.75) is 19.9 Å². The van der Waals surface area contributed by atoms with E-state index < -0.39 is 0 Å². The largest absolute Gasteiger partial charge is 0.345 e. The Morgan fingerprint density at radius 3 is 2.65 bits per heavy atom. The van der Waals surface area contributed by atoms with Gasteiger partial charge in [-0.05, 0) is 18.2 Å². The van der Waals surface area contributed by atoms with E-state index in [1.165, 1.54) is 0 Å². The summed E-state index contributed by atoms with van der Waals surface area (Å²) in [5.74, 6) is 0. The first-order chi connectivity index (χ1) is 8.18. The third kappa shape index (κ3) is 2.60. The highest BCUT2D eigenvalue weighted by molar-refractivity contribution is 6.01. The van der Waals surface area contributed by atoms with E-state index >= 15 is 0 Å². The summed E-state index contributed by atoms with van der Waals surface area (Å²) in [6, 6.07) is 8.37. The highest BCUT2D eigenvalue weighted by Gasteiger charge is 2.01. The SMILES string of the molecule is CC(C)N.c1cnc2c(c1)ccc1[nH]cnc12. The highest BCUT2D eigenvalue weighted by atomic mass is 14.9. The fourth-order valence-electron chi connectivity index (χ4n) is 1.54. The molecule has 0 fully saturated rings.